The van der Waals surface area contributed by atoms with Gasteiger partial charge in [-0.3, -0.25) is 0 Å². The van der Waals surface area contributed by atoms with E-state index in [1.54, 1.807) is 0 Å². The van der Waals surface area contributed by atoms with E-state index in [1.165, 1.54) is 57.8 Å². The van der Waals surface area contributed by atoms with Crippen molar-refractivity contribution in [3.63, 3.8) is 0 Å². The number of hydrogen-bond acceptors (Lipinski definition) is 0. The van der Waals surface area contributed by atoms with E-state index >= 15 is 0 Å². The molecule has 116 valence electrons. The Kier molecular flexibility index (Phi) is 11.7. The van der Waals surface area contributed by atoms with Crippen molar-refractivity contribution < 1.29 is 0 Å². The molecule has 21 heavy (non-hydrogen) atoms. The average molecular weight is 370 g/mol. The van der Waals surface area contributed by atoms with Gasteiger partial charge in [0.2, 0.25) is 0 Å². The normalized spacial score (nSPS) is 10.2. The predicted octanol–water partition coefficient (Wildman–Crippen LogP) is 6.99. The van der Waals surface area contributed by atoms with Crippen molar-refractivity contribution in [2.24, 2.45) is 0 Å². The van der Waals surface area contributed by atoms with Crippen LogP contribution in [0.3, 0.4) is 0 Å². The zero-order chi connectivity index (χ0) is 15.2. The Hall–Kier alpha value is -0.450. The van der Waals surface area contributed by atoms with E-state index in [4.69, 9.17) is 11.6 Å². The molecule has 0 saturated heterocycles. The Morgan fingerprint density at radius 3 is 1.86 bits per heavy atom. The number of halogens is 2. The minimum Gasteiger partial charge on any atom is -0.0979 e. The number of benzene rings is 1. The summed E-state index contributed by atoms with van der Waals surface area (Å²) in [5.74, 6) is 6.44. The van der Waals surface area contributed by atoms with Crippen LogP contribution < -0.4 is 0 Å². The van der Waals surface area contributed by atoms with Gasteiger partial charge in [-0.15, -0.1) is 0 Å². The molecule has 0 bridgehead atoms. The van der Waals surface area contributed by atoms with Crippen LogP contribution in [-0.2, 0) is 0 Å². The Balaban J connectivity index is 1.92. The standard InChI is InChI=1S/C19H26BrCl/c20-17-11-9-7-5-3-1-2-4-6-8-10-12-18-13-15-19(21)16-14-18/h13-16H,1-9,11,17H2. The van der Waals surface area contributed by atoms with Crippen LogP contribution in [0, 0.1) is 11.8 Å². The van der Waals surface area contributed by atoms with Gasteiger partial charge < -0.3 is 0 Å². The Labute approximate surface area is 143 Å². The number of alkyl halides is 1. The maximum absolute atomic E-state index is 5.84. The molecule has 1 aromatic carbocycles. The minimum absolute atomic E-state index is 0.771. The van der Waals surface area contributed by atoms with E-state index in [1.807, 2.05) is 24.3 Å². The zero-order valence-electron chi connectivity index (χ0n) is 12.8. The highest BCUT2D eigenvalue weighted by Gasteiger charge is 1.92. The first-order chi connectivity index (χ1) is 10.3. The van der Waals surface area contributed by atoms with Gasteiger partial charge in [-0.05, 0) is 37.1 Å². The molecule has 0 nitrogen and oxygen atoms in total. The quantitative estimate of drug-likeness (QED) is 0.237. The lowest BCUT2D eigenvalue weighted by Gasteiger charge is -2.00. The summed E-state index contributed by atoms with van der Waals surface area (Å²) < 4.78 is 0. The summed E-state index contributed by atoms with van der Waals surface area (Å²) in [6, 6.07) is 7.74. The maximum Gasteiger partial charge on any atom is 0.0406 e. The summed E-state index contributed by atoms with van der Waals surface area (Å²) in [6.07, 6.45) is 13.2. The van der Waals surface area contributed by atoms with Crippen molar-refractivity contribution >= 4 is 27.5 Å². The first-order valence-electron chi connectivity index (χ1n) is 8.13. The van der Waals surface area contributed by atoms with Gasteiger partial charge >= 0.3 is 0 Å². The zero-order valence-corrected chi connectivity index (χ0v) is 15.2. The molecule has 0 radical (unpaired) electrons. The third-order valence-electron chi connectivity index (χ3n) is 3.51. The number of hydrogen-bond donors (Lipinski definition) is 0. The molecule has 0 fully saturated rings. The van der Waals surface area contributed by atoms with Crippen molar-refractivity contribution in [2.75, 3.05) is 5.33 Å². The molecular weight excluding hydrogens is 344 g/mol. The summed E-state index contributed by atoms with van der Waals surface area (Å²) in [5, 5.41) is 1.93. The molecular formula is C19H26BrCl. The van der Waals surface area contributed by atoms with E-state index in [9.17, 15) is 0 Å². The van der Waals surface area contributed by atoms with E-state index in [2.05, 4.69) is 27.8 Å². The van der Waals surface area contributed by atoms with E-state index in [-0.39, 0.29) is 0 Å². The Morgan fingerprint density at radius 1 is 0.762 bits per heavy atom. The first-order valence-corrected chi connectivity index (χ1v) is 9.63. The molecule has 0 atom stereocenters. The van der Waals surface area contributed by atoms with Crippen molar-refractivity contribution in [3.05, 3.63) is 34.9 Å². The van der Waals surface area contributed by atoms with Gasteiger partial charge in [0.25, 0.3) is 0 Å². The van der Waals surface area contributed by atoms with Crippen LogP contribution in [0.1, 0.15) is 69.8 Å². The van der Waals surface area contributed by atoms with Crippen LogP contribution >= 0.6 is 27.5 Å². The fourth-order valence-corrected chi connectivity index (χ4v) is 2.77. The molecule has 0 spiro atoms. The molecule has 0 aliphatic carbocycles. The number of rotatable bonds is 10. The smallest absolute Gasteiger partial charge is 0.0406 e. The minimum atomic E-state index is 0.771. The van der Waals surface area contributed by atoms with Crippen molar-refractivity contribution in [1.29, 1.82) is 0 Å². The second-order valence-electron chi connectivity index (χ2n) is 5.43. The van der Waals surface area contributed by atoms with Crippen molar-refractivity contribution in [1.82, 2.24) is 0 Å². The monoisotopic (exact) mass is 368 g/mol. The van der Waals surface area contributed by atoms with E-state index < -0.39 is 0 Å². The highest BCUT2D eigenvalue weighted by atomic mass is 79.9. The molecule has 2 heteroatoms. The van der Waals surface area contributed by atoms with Crippen LogP contribution in [0.4, 0.5) is 0 Å². The maximum atomic E-state index is 5.84. The van der Waals surface area contributed by atoms with Crippen LogP contribution in [0.15, 0.2) is 24.3 Å². The lowest BCUT2D eigenvalue weighted by molar-refractivity contribution is 0.569. The second-order valence-corrected chi connectivity index (χ2v) is 6.66. The summed E-state index contributed by atoms with van der Waals surface area (Å²) >= 11 is 9.32. The molecule has 0 aromatic heterocycles. The molecule has 0 unspecified atom stereocenters. The Bertz CT molecular complexity index is 413. The molecule has 0 saturated carbocycles. The summed E-state index contributed by atoms with van der Waals surface area (Å²) in [5.41, 5.74) is 1.06. The van der Waals surface area contributed by atoms with Crippen molar-refractivity contribution in [2.45, 2.75) is 64.2 Å². The molecule has 0 N–H and O–H groups in total. The van der Waals surface area contributed by atoms with Gasteiger partial charge in [0, 0.05) is 22.3 Å². The summed E-state index contributed by atoms with van der Waals surface area (Å²) in [7, 11) is 0. The van der Waals surface area contributed by atoms with Crippen molar-refractivity contribution in [3.8, 4) is 11.8 Å². The van der Waals surface area contributed by atoms with E-state index in [0.29, 0.717) is 0 Å². The fraction of sp³-hybridized carbons (Fsp3) is 0.579. The third-order valence-corrected chi connectivity index (χ3v) is 4.33. The topological polar surface area (TPSA) is 0 Å². The molecule has 1 aromatic rings. The summed E-state index contributed by atoms with van der Waals surface area (Å²) in [4.78, 5) is 0. The fourth-order valence-electron chi connectivity index (χ4n) is 2.24. The molecule has 0 amide bonds. The predicted molar refractivity (Wildman–Crippen MR) is 98.3 cm³/mol. The SMILES string of the molecule is Clc1ccc(C#CCCCCCCCCCCCBr)cc1. The first kappa shape index (κ1) is 18.6. The van der Waals surface area contributed by atoms with Crippen LogP contribution in [0.2, 0.25) is 5.02 Å². The molecule has 0 aliphatic heterocycles. The average Bonchev–Trinajstić information content (AvgIpc) is 2.50. The second kappa shape index (κ2) is 13.2. The van der Waals surface area contributed by atoms with Gasteiger partial charge in [-0.25, -0.2) is 0 Å². The highest BCUT2D eigenvalue weighted by Crippen LogP contribution is 2.11. The molecule has 1 rings (SSSR count). The molecule has 0 aliphatic rings. The van der Waals surface area contributed by atoms with Gasteiger partial charge in [0.15, 0.2) is 0 Å². The lowest BCUT2D eigenvalue weighted by Crippen LogP contribution is -1.82. The van der Waals surface area contributed by atoms with Gasteiger partial charge in [-0.1, -0.05) is 84.3 Å². The molecule has 0 heterocycles. The lowest BCUT2D eigenvalue weighted by atomic mass is 10.1. The highest BCUT2D eigenvalue weighted by molar-refractivity contribution is 9.09. The van der Waals surface area contributed by atoms with Gasteiger partial charge in [-0.2, -0.15) is 0 Å². The van der Waals surface area contributed by atoms with Crippen LogP contribution in [0.25, 0.3) is 0 Å². The van der Waals surface area contributed by atoms with Crippen LogP contribution in [0.5, 0.6) is 0 Å². The van der Waals surface area contributed by atoms with Crippen LogP contribution in [-0.4, -0.2) is 5.33 Å². The largest absolute Gasteiger partial charge is 0.0979 e. The van der Waals surface area contributed by atoms with E-state index in [0.717, 1.165) is 22.3 Å². The summed E-state index contributed by atoms with van der Waals surface area (Å²) in [6.45, 7) is 0. The van der Waals surface area contributed by atoms with Gasteiger partial charge in [0.1, 0.15) is 0 Å². The third kappa shape index (κ3) is 10.9. The number of unbranched alkanes of at least 4 members (excludes halogenated alkanes) is 9. The van der Waals surface area contributed by atoms with Gasteiger partial charge in [0.05, 0.1) is 0 Å². The Morgan fingerprint density at radius 2 is 1.29 bits per heavy atom.